The van der Waals surface area contributed by atoms with Crippen molar-refractivity contribution in [2.24, 2.45) is 0 Å². The number of anilines is 1. The number of hydrogen-bond acceptors (Lipinski definition) is 1. The molecule has 0 saturated heterocycles. The maximum absolute atomic E-state index is 6.17. The van der Waals surface area contributed by atoms with Crippen LogP contribution in [0.15, 0.2) is 24.3 Å². The smallest absolute Gasteiger partial charge is 0.0724 e. The summed E-state index contributed by atoms with van der Waals surface area (Å²) in [4.78, 5) is 0. The summed E-state index contributed by atoms with van der Waals surface area (Å²) in [6, 6.07) is 3.72. The summed E-state index contributed by atoms with van der Waals surface area (Å²) in [7, 11) is 0. The molecule has 1 nitrogen and oxygen atoms in total. The molecule has 98 valence electrons. The van der Waals surface area contributed by atoms with Gasteiger partial charge in [0.2, 0.25) is 0 Å². The summed E-state index contributed by atoms with van der Waals surface area (Å²) < 4.78 is 0. The molecule has 0 aromatic heterocycles. The molecular formula is C14H16Cl3N. The lowest BCUT2D eigenvalue weighted by atomic mass is 10.0. The number of rotatable bonds is 2. The predicted octanol–water partition coefficient (Wildman–Crippen LogP) is 5.95. The van der Waals surface area contributed by atoms with E-state index in [0.717, 1.165) is 18.5 Å². The molecule has 0 bridgehead atoms. The van der Waals surface area contributed by atoms with E-state index in [1.54, 1.807) is 12.1 Å². The van der Waals surface area contributed by atoms with Crippen LogP contribution in [0.3, 0.4) is 0 Å². The molecule has 0 heterocycles. The van der Waals surface area contributed by atoms with E-state index in [2.05, 4.69) is 17.5 Å². The number of benzene rings is 1. The van der Waals surface area contributed by atoms with Gasteiger partial charge in [0.05, 0.1) is 15.7 Å². The molecular weight excluding hydrogens is 289 g/mol. The zero-order valence-electron chi connectivity index (χ0n) is 10.1. The van der Waals surface area contributed by atoms with Crippen molar-refractivity contribution in [3.63, 3.8) is 0 Å². The third kappa shape index (κ3) is 3.81. The van der Waals surface area contributed by atoms with Gasteiger partial charge in [0.1, 0.15) is 0 Å². The van der Waals surface area contributed by atoms with Crippen molar-refractivity contribution in [3.8, 4) is 0 Å². The Morgan fingerprint density at radius 3 is 2.44 bits per heavy atom. The van der Waals surface area contributed by atoms with Gasteiger partial charge in [-0.1, -0.05) is 59.8 Å². The van der Waals surface area contributed by atoms with Crippen LogP contribution in [-0.4, -0.2) is 6.04 Å². The first-order valence-corrected chi connectivity index (χ1v) is 7.38. The monoisotopic (exact) mass is 303 g/mol. The number of nitrogens with one attached hydrogen (secondary N) is 1. The lowest BCUT2D eigenvalue weighted by Gasteiger charge is -2.20. The number of allylic oxidation sites excluding steroid dienone is 1. The summed E-state index contributed by atoms with van der Waals surface area (Å²) in [6.45, 7) is 0. The van der Waals surface area contributed by atoms with Gasteiger partial charge in [0, 0.05) is 11.1 Å². The summed E-state index contributed by atoms with van der Waals surface area (Å²) in [6.07, 6.45) is 10.5. The minimum Gasteiger partial charge on any atom is -0.376 e. The van der Waals surface area contributed by atoms with E-state index in [1.165, 1.54) is 19.3 Å². The van der Waals surface area contributed by atoms with Crippen LogP contribution in [0.2, 0.25) is 15.1 Å². The van der Waals surface area contributed by atoms with Crippen LogP contribution < -0.4 is 5.32 Å². The normalized spacial score (nSPS) is 22.1. The summed E-state index contributed by atoms with van der Waals surface area (Å²) >= 11 is 18.2. The van der Waals surface area contributed by atoms with Gasteiger partial charge in [-0.3, -0.25) is 0 Å². The van der Waals surface area contributed by atoms with E-state index < -0.39 is 0 Å². The molecule has 1 aromatic carbocycles. The van der Waals surface area contributed by atoms with E-state index in [4.69, 9.17) is 34.8 Å². The van der Waals surface area contributed by atoms with Crippen LogP contribution in [0.1, 0.15) is 32.1 Å². The van der Waals surface area contributed by atoms with Crippen molar-refractivity contribution in [1.82, 2.24) is 0 Å². The van der Waals surface area contributed by atoms with Crippen molar-refractivity contribution in [3.05, 3.63) is 39.4 Å². The average Bonchev–Trinajstić information content (AvgIpc) is 2.25. The molecule has 0 fully saturated rings. The first-order chi connectivity index (χ1) is 8.66. The second-order valence-corrected chi connectivity index (χ2v) is 5.81. The first kappa shape index (κ1) is 14.0. The van der Waals surface area contributed by atoms with E-state index in [1.807, 2.05) is 0 Å². The Morgan fingerprint density at radius 1 is 1.00 bits per heavy atom. The predicted molar refractivity (Wildman–Crippen MR) is 81.1 cm³/mol. The molecule has 0 aliphatic heterocycles. The Morgan fingerprint density at radius 2 is 1.72 bits per heavy atom. The maximum Gasteiger partial charge on any atom is 0.0724 e. The molecule has 18 heavy (non-hydrogen) atoms. The van der Waals surface area contributed by atoms with Crippen molar-refractivity contribution < 1.29 is 0 Å². The van der Waals surface area contributed by atoms with Crippen molar-refractivity contribution >= 4 is 40.5 Å². The van der Waals surface area contributed by atoms with E-state index >= 15 is 0 Å². The fraction of sp³-hybridized carbons (Fsp3) is 0.429. The molecule has 1 aliphatic rings. The number of halogens is 3. The Labute approximate surface area is 123 Å². The fourth-order valence-electron chi connectivity index (χ4n) is 2.15. The van der Waals surface area contributed by atoms with Crippen LogP contribution in [0, 0.1) is 0 Å². The van der Waals surface area contributed by atoms with Crippen LogP contribution in [-0.2, 0) is 0 Å². The molecule has 1 aliphatic carbocycles. The number of hydrogen-bond donors (Lipinski definition) is 1. The summed E-state index contributed by atoms with van der Waals surface area (Å²) in [5.74, 6) is 0. The quantitative estimate of drug-likeness (QED) is 0.666. The Bertz CT molecular complexity index is 420. The van der Waals surface area contributed by atoms with E-state index in [-0.39, 0.29) is 0 Å². The van der Waals surface area contributed by atoms with Gasteiger partial charge >= 0.3 is 0 Å². The van der Waals surface area contributed by atoms with Gasteiger partial charge in [-0.15, -0.1) is 0 Å². The molecule has 4 heteroatoms. The van der Waals surface area contributed by atoms with E-state index in [9.17, 15) is 0 Å². The highest BCUT2D eigenvalue weighted by Crippen LogP contribution is 2.34. The summed E-state index contributed by atoms with van der Waals surface area (Å²) in [5, 5.41) is 5.11. The van der Waals surface area contributed by atoms with Crippen molar-refractivity contribution in [2.75, 3.05) is 5.32 Å². The van der Waals surface area contributed by atoms with Gasteiger partial charge in [-0.2, -0.15) is 0 Å². The van der Waals surface area contributed by atoms with Crippen molar-refractivity contribution in [1.29, 1.82) is 0 Å². The lowest BCUT2D eigenvalue weighted by molar-refractivity contribution is 0.610. The van der Waals surface area contributed by atoms with Gasteiger partial charge < -0.3 is 5.32 Å². The second kappa shape index (κ2) is 6.70. The third-order valence-electron chi connectivity index (χ3n) is 3.09. The zero-order valence-corrected chi connectivity index (χ0v) is 12.3. The first-order valence-electron chi connectivity index (χ1n) is 6.24. The van der Waals surface area contributed by atoms with E-state index in [0.29, 0.717) is 21.1 Å². The standard InChI is InChI=1S/C14H16Cl3N/c15-10-8-12(16)14(13(17)9-10)18-11-6-4-2-1-3-5-7-11/h4,6,8-9,11,18H,1-3,5,7H2/b6-4+. The molecule has 1 aromatic rings. The van der Waals surface area contributed by atoms with Crippen LogP contribution >= 0.6 is 34.8 Å². The van der Waals surface area contributed by atoms with Gasteiger partial charge in [-0.25, -0.2) is 0 Å². The van der Waals surface area contributed by atoms with Gasteiger partial charge in [0.25, 0.3) is 0 Å². The Hall–Kier alpha value is -0.370. The Balaban J connectivity index is 2.15. The van der Waals surface area contributed by atoms with Crippen LogP contribution in [0.25, 0.3) is 0 Å². The molecule has 0 saturated carbocycles. The summed E-state index contributed by atoms with van der Waals surface area (Å²) in [5.41, 5.74) is 0.776. The topological polar surface area (TPSA) is 12.0 Å². The minimum absolute atomic E-state index is 0.293. The van der Waals surface area contributed by atoms with Crippen LogP contribution in [0.5, 0.6) is 0 Å². The second-order valence-electron chi connectivity index (χ2n) is 4.56. The lowest BCUT2D eigenvalue weighted by Crippen LogP contribution is -2.18. The maximum atomic E-state index is 6.17. The molecule has 0 radical (unpaired) electrons. The highest BCUT2D eigenvalue weighted by atomic mass is 35.5. The third-order valence-corrected chi connectivity index (χ3v) is 3.91. The fourth-order valence-corrected chi connectivity index (χ4v) is 3.07. The van der Waals surface area contributed by atoms with Gasteiger partial charge in [-0.05, 0) is 31.4 Å². The van der Waals surface area contributed by atoms with Gasteiger partial charge in [0.15, 0.2) is 0 Å². The minimum atomic E-state index is 0.293. The molecule has 2 rings (SSSR count). The SMILES string of the molecule is Clc1cc(Cl)c(NC2/C=C/CCCCC2)c(Cl)c1. The molecule has 0 amide bonds. The van der Waals surface area contributed by atoms with Crippen molar-refractivity contribution in [2.45, 2.75) is 38.1 Å². The largest absolute Gasteiger partial charge is 0.376 e. The van der Waals surface area contributed by atoms with Crippen LogP contribution in [0.4, 0.5) is 5.69 Å². The molecule has 0 spiro atoms. The highest BCUT2D eigenvalue weighted by molar-refractivity contribution is 6.41. The molecule has 1 unspecified atom stereocenters. The molecule has 1 atom stereocenters. The zero-order chi connectivity index (χ0) is 13.0. The highest BCUT2D eigenvalue weighted by Gasteiger charge is 2.12. The Kier molecular flexibility index (Phi) is 5.23. The molecule has 1 N–H and O–H groups in total. The average molecular weight is 305 g/mol.